The lowest BCUT2D eigenvalue weighted by molar-refractivity contribution is 0.289. The Morgan fingerprint density at radius 3 is 2.72 bits per heavy atom. The van der Waals surface area contributed by atoms with Crippen LogP contribution in [0.1, 0.15) is 12.0 Å². The van der Waals surface area contributed by atoms with E-state index in [2.05, 4.69) is 19.8 Å². The summed E-state index contributed by atoms with van der Waals surface area (Å²) in [5.74, 6) is -0.682. The number of nitrogen functional groups attached to an aromatic ring is 1. The molecule has 29 heavy (non-hydrogen) atoms. The van der Waals surface area contributed by atoms with Gasteiger partial charge in [-0.2, -0.15) is 5.10 Å². The van der Waals surface area contributed by atoms with Crippen LogP contribution < -0.4 is 10.5 Å². The number of nitrogens with one attached hydrogen (secondary N) is 1. The summed E-state index contributed by atoms with van der Waals surface area (Å²) in [7, 11) is -2.35. The average molecular weight is 420 g/mol. The lowest BCUT2D eigenvalue weighted by atomic mass is 10.1. The fourth-order valence-corrected chi connectivity index (χ4v) is 3.94. The number of hydrogen-bond acceptors (Lipinski definition) is 7. The minimum atomic E-state index is -4.10. The van der Waals surface area contributed by atoms with Crippen LogP contribution >= 0.6 is 0 Å². The summed E-state index contributed by atoms with van der Waals surface area (Å²) < 4.78 is 43.2. The molecule has 0 unspecified atom stereocenters. The van der Waals surface area contributed by atoms with E-state index in [9.17, 15) is 12.8 Å². The van der Waals surface area contributed by atoms with Crippen molar-refractivity contribution in [3.8, 4) is 22.5 Å². The zero-order valence-corrected chi connectivity index (χ0v) is 16.7. The predicted molar refractivity (Wildman–Crippen MR) is 106 cm³/mol. The topological polar surface area (TPSA) is 136 Å². The number of aliphatic hydroxyl groups is 1. The van der Waals surface area contributed by atoms with Gasteiger partial charge in [0.15, 0.2) is 0 Å². The maximum Gasteiger partial charge on any atom is 0.243 e. The van der Waals surface area contributed by atoms with Gasteiger partial charge in [-0.1, -0.05) is 0 Å². The molecule has 0 saturated carbocycles. The third-order valence-corrected chi connectivity index (χ3v) is 5.73. The summed E-state index contributed by atoms with van der Waals surface area (Å²) in [4.78, 5) is 8.15. The van der Waals surface area contributed by atoms with Gasteiger partial charge < -0.3 is 10.8 Å². The maximum absolute atomic E-state index is 14.4. The van der Waals surface area contributed by atoms with E-state index in [4.69, 9.17) is 10.8 Å². The molecule has 3 aromatic rings. The SMILES string of the molecule is Cc1cc(F)c(S(=O)(=O)NCCCO)cc1-c1cnc(N)c(-c2cnn(C)c2)n1. The number of aryl methyl sites for hydroxylation is 2. The van der Waals surface area contributed by atoms with Crippen LogP contribution in [0.25, 0.3) is 22.5 Å². The number of sulfonamides is 1. The number of aromatic nitrogens is 4. The van der Waals surface area contributed by atoms with Crippen molar-refractivity contribution in [2.75, 3.05) is 18.9 Å². The van der Waals surface area contributed by atoms with Gasteiger partial charge in [-0.05, 0) is 31.0 Å². The van der Waals surface area contributed by atoms with Crippen LogP contribution in [0.2, 0.25) is 0 Å². The van der Waals surface area contributed by atoms with E-state index in [1.165, 1.54) is 12.3 Å². The summed E-state index contributed by atoms with van der Waals surface area (Å²) in [6.07, 6.45) is 4.94. The van der Waals surface area contributed by atoms with Crippen LogP contribution in [0.4, 0.5) is 10.2 Å². The lowest BCUT2D eigenvalue weighted by Gasteiger charge is -2.12. The Labute approximate surface area is 167 Å². The molecule has 2 heterocycles. The summed E-state index contributed by atoms with van der Waals surface area (Å²) >= 11 is 0. The van der Waals surface area contributed by atoms with E-state index >= 15 is 0 Å². The van der Waals surface area contributed by atoms with Gasteiger partial charge in [0.05, 0.1) is 18.1 Å². The van der Waals surface area contributed by atoms with Gasteiger partial charge in [0.2, 0.25) is 10.0 Å². The Hall–Kier alpha value is -2.89. The largest absolute Gasteiger partial charge is 0.396 e. The quantitative estimate of drug-likeness (QED) is 0.489. The van der Waals surface area contributed by atoms with Crippen LogP contribution in [0.5, 0.6) is 0 Å². The minimum absolute atomic E-state index is 0.00564. The van der Waals surface area contributed by atoms with E-state index in [1.54, 1.807) is 31.0 Å². The van der Waals surface area contributed by atoms with Crippen molar-refractivity contribution in [3.05, 3.63) is 42.1 Å². The van der Waals surface area contributed by atoms with Crippen molar-refractivity contribution in [3.63, 3.8) is 0 Å². The zero-order chi connectivity index (χ0) is 21.2. The van der Waals surface area contributed by atoms with Gasteiger partial charge in [-0.25, -0.2) is 27.5 Å². The normalized spacial score (nSPS) is 11.7. The molecule has 4 N–H and O–H groups in total. The molecule has 0 aliphatic carbocycles. The van der Waals surface area contributed by atoms with E-state index in [1.807, 2.05) is 0 Å². The molecule has 154 valence electrons. The van der Waals surface area contributed by atoms with E-state index in [0.717, 1.165) is 6.07 Å². The highest BCUT2D eigenvalue weighted by molar-refractivity contribution is 7.89. The first-order chi connectivity index (χ1) is 13.7. The monoisotopic (exact) mass is 420 g/mol. The summed E-state index contributed by atoms with van der Waals surface area (Å²) in [6, 6.07) is 2.36. The van der Waals surface area contributed by atoms with Crippen LogP contribution in [0.3, 0.4) is 0 Å². The molecular weight excluding hydrogens is 399 g/mol. The Morgan fingerprint density at radius 1 is 1.31 bits per heavy atom. The molecule has 2 aromatic heterocycles. The Balaban J connectivity index is 2.08. The first kappa shape index (κ1) is 20.8. The number of nitrogens with zero attached hydrogens (tertiary/aromatic N) is 4. The van der Waals surface area contributed by atoms with Gasteiger partial charge in [0, 0.05) is 37.5 Å². The number of nitrogens with two attached hydrogens (primary N) is 1. The molecule has 0 aliphatic rings. The molecular formula is C18H21FN6O3S. The summed E-state index contributed by atoms with van der Waals surface area (Å²) in [5.41, 5.74) is 8.24. The lowest BCUT2D eigenvalue weighted by Crippen LogP contribution is -2.26. The smallest absolute Gasteiger partial charge is 0.243 e. The van der Waals surface area contributed by atoms with Gasteiger partial charge >= 0.3 is 0 Å². The van der Waals surface area contributed by atoms with Crippen molar-refractivity contribution in [1.29, 1.82) is 0 Å². The van der Waals surface area contributed by atoms with Crippen molar-refractivity contribution in [1.82, 2.24) is 24.5 Å². The Kier molecular flexibility index (Phi) is 5.91. The van der Waals surface area contributed by atoms with Crippen molar-refractivity contribution >= 4 is 15.8 Å². The molecule has 0 saturated heterocycles. The first-order valence-electron chi connectivity index (χ1n) is 8.75. The molecule has 11 heteroatoms. The summed E-state index contributed by atoms with van der Waals surface area (Å²) in [6.45, 7) is 1.46. The molecule has 1 aromatic carbocycles. The molecule has 0 fully saturated rings. The van der Waals surface area contributed by atoms with Gasteiger partial charge in [0.25, 0.3) is 0 Å². The number of anilines is 1. The van der Waals surface area contributed by atoms with Gasteiger partial charge in [0.1, 0.15) is 22.2 Å². The maximum atomic E-state index is 14.4. The predicted octanol–water partition coefficient (Wildman–Crippen LogP) is 1.23. The average Bonchev–Trinajstić information content (AvgIpc) is 3.08. The molecule has 0 spiro atoms. The second kappa shape index (κ2) is 8.23. The fourth-order valence-electron chi connectivity index (χ4n) is 2.78. The third-order valence-electron chi connectivity index (χ3n) is 4.25. The molecule has 9 nitrogen and oxygen atoms in total. The van der Waals surface area contributed by atoms with Crippen molar-refractivity contribution in [2.24, 2.45) is 7.05 Å². The van der Waals surface area contributed by atoms with Gasteiger partial charge in [-0.3, -0.25) is 4.68 Å². The van der Waals surface area contributed by atoms with Crippen LogP contribution in [-0.4, -0.2) is 46.4 Å². The first-order valence-corrected chi connectivity index (χ1v) is 10.2. The molecule has 0 atom stereocenters. The van der Waals surface area contributed by atoms with Crippen LogP contribution in [0.15, 0.2) is 35.6 Å². The van der Waals surface area contributed by atoms with E-state index in [-0.39, 0.29) is 25.4 Å². The Bertz CT molecular complexity index is 1150. The fraction of sp³-hybridized carbons (Fsp3) is 0.278. The Morgan fingerprint density at radius 2 is 2.07 bits per heavy atom. The van der Waals surface area contributed by atoms with Gasteiger partial charge in [-0.15, -0.1) is 0 Å². The molecule has 0 amide bonds. The van der Waals surface area contributed by atoms with Crippen molar-refractivity contribution < 1.29 is 17.9 Å². The molecule has 0 radical (unpaired) electrons. The minimum Gasteiger partial charge on any atom is -0.396 e. The zero-order valence-electron chi connectivity index (χ0n) is 15.9. The molecule has 0 aliphatic heterocycles. The van der Waals surface area contributed by atoms with E-state index in [0.29, 0.717) is 28.1 Å². The second-order valence-electron chi connectivity index (χ2n) is 6.46. The van der Waals surface area contributed by atoms with E-state index < -0.39 is 20.7 Å². The molecule has 0 bridgehead atoms. The van der Waals surface area contributed by atoms with Crippen LogP contribution in [-0.2, 0) is 17.1 Å². The van der Waals surface area contributed by atoms with Crippen molar-refractivity contribution in [2.45, 2.75) is 18.2 Å². The standard InChI is InChI=1S/C18H21FN6O3S/c1-11-6-14(19)16(29(27,28)23-4-3-5-26)7-13(11)15-9-21-18(20)17(24-15)12-8-22-25(2)10-12/h6-10,23,26H,3-5H2,1-2H3,(H2,20,21). The highest BCUT2D eigenvalue weighted by atomic mass is 32.2. The number of benzene rings is 1. The number of aliphatic hydroxyl groups excluding tert-OH is 1. The summed E-state index contributed by atoms with van der Waals surface area (Å²) in [5, 5.41) is 12.9. The number of rotatable bonds is 7. The number of halogens is 1. The highest BCUT2D eigenvalue weighted by Crippen LogP contribution is 2.30. The highest BCUT2D eigenvalue weighted by Gasteiger charge is 2.22. The third kappa shape index (κ3) is 4.42. The van der Waals surface area contributed by atoms with Crippen LogP contribution in [0, 0.1) is 12.7 Å². The number of hydrogen-bond donors (Lipinski definition) is 3. The second-order valence-corrected chi connectivity index (χ2v) is 8.20. The molecule has 3 rings (SSSR count).